The third-order valence-corrected chi connectivity index (χ3v) is 9.89. The van der Waals surface area contributed by atoms with E-state index in [0.29, 0.717) is 23.9 Å². The molecule has 0 aliphatic carbocycles. The molecule has 376 valence electrons. The van der Waals surface area contributed by atoms with Crippen LogP contribution in [0.4, 0.5) is 0 Å². The molecule has 0 radical (unpaired) electrons. The van der Waals surface area contributed by atoms with Gasteiger partial charge < -0.3 is 33.3 Å². The number of carboxylic acid groups (broad SMARTS) is 1. The highest BCUT2D eigenvalue weighted by Crippen LogP contribution is 2.12. The normalized spacial score (nSPS) is 14.0. The average Bonchev–Trinajstić information content (AvgIpc) is 3.29. The van der Waals surface area contributed by atoms with Gasteiger partial charge in [-0.05, 0) is 103 Å². The maximum absolute atomic E-state index is 12.8. The van der Waals surface area contributed by atoms with Crippen LogP contribution >= 0.6 is 0 Å². The van der Waals surface area contributed by atoms with Crippen LogP contribution in [0.5, 0.6) is 0 Å². The maximum Gasteiger partial charge on any atom is 0.306 e. The standard InChI is InChI=1S/C58H91NO8/c1-6-8-10-12-14-16-18-20-22-24-25-26-27-28-29-30-31-33-35-37-39-41-43-45-47-49-56(61)67-54(53-66-58(57(62)63)64-51-50-59(3,4)5)52-65-55(60)48-46-44-42-40-38-36-34-32-23-21-19-17-15-13-11-9-7-2/h8-11,14-17,20-23,25-26,28-29,31,33-34,36,40,42,54,58H,6-7,12-13,18-19,24,27,30,32,35,37-39,41,43-53H2,1-5H3/b10-8-,11-9-,16-14-,17-15-,22-20-,23-21-,26-25-,29-28-,33-31-,36-34-,42-40-. The van der Waals surface area contributed by atoms with Gasteiger partial charge in [-0.15, -0.1) is 0 Å². The molecule has 0 heterocycles. The molecule has 0 fully saturated rings. The van der Waals surface area contributed by atoms with E-state index in [1.165, 1.54) is 0 Å². The van der Waals surface area contributed by atoms with Gasteiger partial charge in [0.05, 0.1) is 40.3 Å². The molecular weight excluding hydrogens is 839 g/mol. The number of carbonyl (C=O) groups excluding carboxylic acids is 3. The minimum atomic E-state index is -1.65. The van der Waals surface area contributed by atoms with Gasteiger partial charge in [-0.3, -0.25) is 9.59 Å². The molecule has 9 heteroatoms. The Morgan fingerprint density at radius 2 is 0.821 bits per heavy atom. The van der Waals surface area contributed by atoms with E-state index in [1.54, 1.807) is 0 Å². The molecular formula is C58H91NO8. The summed E-state index contributed by atoms with van der Waals surface area (Å²) in [5.41, 5.74) is 0. The highest BCUT2D eigenvalue weighted by atomic mass is 16.7. The summed E-state index contributed by atoms with van der Waals surface area (Å²) in [6.07, 6.45) is 64.9. The van der Waals surface area contributed by atoms with Crippen molar-refractivity contribution in [1.82, 2.24) is 0 Å². The molecule has 2 unspecified atom stereocenters. The van der Waals surface area contributed by atoms with Crippen molar-refractivity contribution < 1.29 is 42.9 Å². The molecule has 0 saturated heterocycles. The molecule has 0 bridgehead atoms. The van der Waals surface area contributed by atoms with E-state index < -0.39 is 30.3 Å². The molecule has 0 spiro atoms. The molecule has 0 N–H and O–H groups in total. The van der Waals surface area contributed by atoms with E-state index >= 15 is 0 Å². The van der Waals surface area contributed by atoms with Gasteiger partial charge in [0.25, 0.3) is 0 Å². The number of hydrogen-bond acceptors (Lipinski definition) is 8. The predicted octanol–water partition coefficient (Wildman–Crippen LogP) is 13.0. The number of aliphatic carboxylic acids is 1. The Morgan fingerprint density at radius 3 is 1.24 bits per heavy atom. The molecule has 0 aromatic heterocycles. The van der Waals surface area contributed by atoms with E-state index in [2.05, 4.69) is 148 Å². The number of hydrogen-bond donors (Lipinski definition) is 0. The van der Waals surface area contributed by atoms with Crippen molar-refractivity contribution in [1.29, 1.82) is 0 Å². The Bertz CT molecular complexity index is 1550. The van der Waals surface area contributed by atoms with Gasteiger partial charge in [0.1, 0.15) is 13.2 Å². The summed E-state index contributed by atoms with van der Waals surface area (Å²) in [5, 5.41) is 11.7. The Balaban J connectivity index is 4.49. The highest BCUT2D eigenvalue weighted by molar-refractivity contribution is 5.70. The lowest BCUT2D eigenvalue weighted by Gasteiger charge is -2.26. The number of quaternary nitrogens is 1. The van der Waals surface area contributed by atoms with E-state index in [4.69, 9.17) is 18.9 Å². The molecule has 0 aliphatic rings. The van der Waals surface area contributed by atoms with Crippen molar-refractivity contribution in [3.8, 4) is 0 Å². The SMILES string of the molecule is CC/C=C\C/C=C\C/C=C\C/C=C\C/C=C\C/C=C\CCCCCCCCC(=O)OC(COC(=O)CCC/C=C\C/C=C\C/C=C\C/C=C\C/C=C\CC)COC(OCC[N+](C)(C)C)C(=O)[O-]. The first-order valence-corrected chi connectivity index (χ1v) is 25.3. The highest BCUT2D eigenvalue weighted by Gasteiger charge is 2.21. The summed E-state index contributed by atoms with van der Waals surface area (Å²) < 4.78 is 22.5. The van der Waals surface area contributed by atoms with Crippen molar-refractivity contribution >= 4 is 17.9 Å². The second-order valence-electron chi connectivity index (χ2n) is 17.3. The number of allylic oxidation sites excluding steroid dienone is 22. The largest absolute Gasteiger partial charge is 0.545 e. The van der Waals surface area contributed by atoms with Crippen LogP contribution in [0, 0.1) is 0 Å². The Kier molecular flexibility index (Phi) is 44.6. The second kappa shape index (κ2) is 47.9. The third-order valence-electron chi connectivity index (χ3n) is 9.89. The maximum atomic E-state index is 12.8. The molecule has 2 atom stereocenters. The van der Waals surface area contributed by atoms with Gasteiger partial charge in [-0.2, -0.15) is 0 Å². The van der Waals surface area contributed by atoms with Crippen LogP contribution in [0.1, 0.15) is 155 Å². The summed E-state index contributed by atoms with van der Waals surface area (Å²) >= 11 is 0. The predicted molar refractivity (Wildman–Crippen MR) is 278 cm³/mol. The zero-order chi connectivity index (χ0) is 49.2. The second-order valence-corrected chi connectivity index (χ2v) is 17.3. The first-order valence-electron chi connectivity index (χ1n) is 25.3. The van der Waals surface area contributed by atoms with Crippen molar-refractivity contribution in [2.45, 2.75) is 167 Å². The number of carbonyl (C=O) groups is 3. The van der Waals surface area contributed by atoms with E-state index in [9.17, 15) is 19.5 Å². The van der Waals surface area contributed by atoms with Gasteiger partial charge in [-0.1, -0.05) is 173 Å². The minimum Gasteiger partial charge on any atom is -0.545 e. The lowest BCUT2D eigenvalue weighted by molar-refractivity contribution is -0.870. The Hall–Kier alpha value is -4.57. The van der Waals surface area contributed by atoms with Crippen LogP contribution in [0.15, 0.2) is 134 Å². The van der Waals surface area contributed by atoms with Gasteiger partial charge >= 0.3 is 11.9 Å². The fraction of sp³-hybridized carbons (Fsp3) is 0.569. The first-order chi connectivity index (χ1) is 32.6. The number of esters is 2. The van der Waals surface area contributed by atoms with Gasteiger partial charge in [0.15, 0.2) is 12.4 Å². The molecule has 0 amide bonds. The van der Waals surface area contributed by atoms with Crippen LogP contribution in [-0.4, -0.2) is 82.3 Å². The summed E-state index contributed by atoms with van der Waals surface area (Å²) in [4.78, 5) is 37.1. The summed E-state index contributed by atoms with van der Waals surface area (Å²) in [5.74, 6) is -2.41. The topological polar surface area (TPSA) is 111 Å². The van der Waals surface area contributed by atoms with Crippen molar-refractivity contribution in [3.05, 3.63) is 134 Å². The van der Waals surface area contributed by atoms with Gasteiger partial charge in [-0.25, -0.2) is 0 Å². The van der Waals surface area contributed by atoms with Crippen LogP contribution in [0.2, 0.25) is 0 Å². The Morgan fingerprint density at radius 1 is 0.448 bits per heavy atom. The number of likely N-dealkylation sites (N-methyl/N-ethyl adjacent to an activating group) is 1. The fourth-order valence-corrected chi connectivity index (χ4v) is 6.04. The monoisotopic (exact) mass is 930 g/mol. The van der Waals surface area contributed by atoms with Crippen LogP contribution in [0.3, 0.4) is 0 Å². The van der Waals surface area contributed by atoms with Crippen LogP contribution in [-0.2, 0) is 33.3 Å². The van der Waals surface area contributed by atoms with Crippen LogP contribution < -0.4 is 5.11 Å². The molecule has 0 rings (SSSR count). The number of carboxylic acids is 1. The molecule has 0 aromatic carbocycles. The fourth-order valence-electron chi connectivity index (χ4n) is 6.04. The lowest BCUT2D eigenvalue weighted by atomic mass is 10.1. The van der Waals surface area contributed by atoms with Crippen molar-refractivity contribution in [2.24, 2.45) is 0 Å². The van der Waals surface area contributed by atoms with E-state index in [-0.39, 0.29) is 32.7 Å². The zero-order valence-corrected chi connectivity index (χ0v) is 42.5. The molecule has 0 aromatic rings. The minimum absolute atomic E-state index is 0.127. The number of ether oxygens (including phenoxy) is 4. The number of rotatable bonds is 44. The third kappa shape index (κ3) is 49.2. The number of nitrogens with zero attached hydrogens (tertiary/aromatic N) is 1. The summed E-state index contributed by atoms with van der Waals surface area (Å²) in [6, 6.07) is 0. The summed E-state index contributed by atoms with van der Waals surface area (Å²) in [7, 11) is 5.88. The smallest absolute Gasteiger partial charge is 0.306 e. The molecule has 0 aliphatic heterocycles. The Labute approximate surface area is 408 Å². The molecule has 0 saturated carbocycles. The van der Waals surface area contributed by atoms with Crippen molar-refractivity contribution in [3.63, 3.8) is 0 Å². The lowest BCUT2D eigenvalue weighted by Crippen LogP contribution is -2.44. The quantitative estimate of drug-likeness (QED) is 0.0195. The molecule has 9 nitrogen and oxygen atoms in total. The van der Waals surface area contributed by atoms with Gasteiger partial charge in [0.2, 0.25) is 0 Å². The van der Waals surface area contributed by atoms with Crippen LogP contribution in [0.25, 0.3) is 0 Å². The average molecular weight is 930 g/mol. The van der Waals surface area contributed by atoms with Gasteiger partial charge in [0, 0.05) is 12.8 Å². The van der Waals surface area contributed by atoms with E-state index in [0.717, 1.165) is 116 Å². The summed E-state index contributed by atoms with van der Waals surface area (Å²) in [6.45, 7) is 4.39. The van der Waals surface area contributed by atoms with E-state index in [1.807, 2.05) is 21.1 Å². The number of unbranched alkanes of at least 4 members (excludes halogenated alkanes) is 7. The van der Waals surface area contributed by atoms with Crippen molar-refractivity contribution in [2.75, 3.05) is 47.5 Å². The first kappa shape index (κ1) is 62.4. The molecule has 67 heavy (non-hydrogen) atoms. The zero-order valence-electron chi connectivity index (χ0n) is 42.5.